The second-order valence-corrected chi connectivity index (χ2v) is 6.42. The fraction of sp³-hybridized carbons (Fsp3) is 0.353. The molecule has 0 aliphatic carbocycles. The van der Waals surface area contributed by atoms with Gasteiger partial charge in [-0.15, -0.1) is 11.3 Å². The Morgan fingerprint density at radius 2 is 2.29 bits per heavy atom. The third-order valence-electron chi connectivity index (χ3n) is 3.72. The number of pyridine rings is 1. The summed E-state index contributed by atoms with van der Waals surface area (Å²) in [4.78, 5) is 8.24. The van der Waals surface area contributed by atoms with E-state index < -0.39 is 0 Å². The number of hydrogen-bond donors (Lipinski definition) is 1. The van der Waals surface area contributed by atoms with Gasteiger partial charge in [0.05, 0.1) is 0 Å². The summed E-state index contributed by atoms with van der Waals surface area (Å²) in [6, 6.07) is 10.7. The maximum absolute atomic E-state index is 4.32. The van der Waals surface area contributed by atoms with Crippen molar-refractivity contribution in [2.45, 2.75) is 19.4 Å². The zero-order valence-electron chi connectivity index (χ0n) is 12.3. The number of aromatic nitrogens is 1. The lowest BCUT2D eigenvalue weighted by Gasteiger charge is -2.29. The van der Waals surface area contributed by atoms with Crippen LogP contribution in [0.15, 0.2) is 48.0 Å². The molecule has 2 aromatic heterocycles. The molecule has 2 aromatic rings. The van der Waals surface area contributed by atoms with Gasteiger partial charge in [-0.3, -0.25) is 4.90 Å². The van der Waals surface area contributed by atoms with Gasteiger partial charge in [0.1, 0.15) is 5.82 Å². The summed E-state index contributed by atoms with van der Waals surface area (Å²) in [5, 5.41) is 5.61. The average Bonchev–Trinajstić information content (AvgIpc) is 3.03. The zero-order valence-corrected chi connectivity index (χ0v) is 13.1. The van der Waals surface area contributed by atoms with Crippen molar-refractivity contribution in [3.63, 3.8) is 0 Å². The number of hydrogen-bond acceptors (Lipinski definition) is 4. The first-order chi connectivity index (χ1) is 10.3. The van der Waals surface area contributed by atoms with Crippen LogP contribution in [-0.2, 0) is 0 Å². The summed E-state index contributed by atoms with van der Waals surface area (Å²) in [6.07, 6.45) is 5.35. The first-order valence-corrected chi connectivity index (χ1v) is 8.32. The minimum absolute atomic E-state index is 0.400. The van der Waals surface area contributed by atoms with Crippen molar-refractivity contribution in [1.82, 2.24) is 9.88 Å². The molecule has 0 aromatic carbocycles. The third kappa shape index (κ3) is 3.93. The van der Waals surface area contributed by atoms with Gasteiger partial charge in [0.2, 0.25) is 0 Å². The molecule has 3 rings (SSSR count). The summed E-state index contributed by atoms with van der Waals surface area (Å²) in [5.41, 5.74) is 1.51. The third-order valence-corrected chi connectivity index (χ3v) is 4.67. The largest absolute Gasteiger partial charge is 0.366 e. The quantitative estimate of drug-likeness (QED) is 0.912. The molecule has 3 heterocycles. The van der Waals surface area contributed by atoms with Crippen LogP contribution < -0.4 is 5.32 Å². The Kier molecular flexibility index (Phi) is 4.68. The van der Waals surface area contributed by atoms with Crippen molar-refractivity contribution in [2.75, 3.05) is 25.0 Å². The van der Waals surface area contributed by atoms with Gasteiger partial charge in [0, 0.05) is 36.8 Å². The van der Waals surface area contributed by atoms with E-state index in [-0.39, 0.29) is 0 Å². The molecule has 21 heavy (non-hydrogen) atoms. The zero-order chi connectivity index (χ0) is 14.5. The summed E-state index contributed by atoms with van der Waals surface area (Å²) in [5.74, 6) is 0.955. The molecule has 110 valence electrons. The molecule has 1 atom stereocenters. The van der Waals surface area contributed by atoms with Crippen LogP contribution in [0, 0.1) is 0 Å². The van der Waals surface area contributed by atoms with Crippen LogP contribution in [-0.4, -0.2) is 35.6 Å². The van der Waals surface area contributed by atoms with Gasteiger partial charge in [-0.2, -0.15) is 0 Å². The summed E-state index contributed by atoms with van der Waals surface area (Å²) in [7, 11) is 0. The van der Waals surface area contributed by atoms with E-state index in [1.807, 2.05) is 35.7 Å². The van der Waals surface area contributed by atoms with Crippen LogP contribution in [0.25, 0.3) is 5.57 Å². The van der Waals surface area contributed by atoms with Crippen molar-refractivity contribution in [3.8, 4) is 0 Å². The molecular weight excluding hydrogens is 278 g/mol. The molecule has 1 aliphatic rings. The SMILES string of the molecule is CC(CN1CC=C(c2cccs2)CC1)Nc1ccccn1. The van der Waals surface area contributed by atoms with Gasteiger partial charge < -0.3 is 5.32 Å². The van der Waals surface area contributed by atoms with Crippen molar-refractivity contribution < 1.29 is 0 Å². The van der Waals surface area contributed by atoms with E-state index in [9.17, 15) is 0 Å². The maximum Gasteiger partial charge on any atom is 0.126 e. The Morgan fingerprint density at radius 1 is 1.33 bits per heavy atom. The van der Waals surface area contributed by atoms with Gasteiger partial charge in [-0.05, 0) is 42.5 Å². The first kappa shape index (κ1) is 14.3. The summed E-state index contributed by atoms with van der Waals surface area (Å²) >= 11 is 1.84. The highest BCUT2D eigenvalue weighted by atomic mass is 32.1. The van der Waals surface area contributed by atoms with Crippen LogP contribution in [0.4, 0.5) is 5.82 Å². The number of anilines is 1. The Morgan fingerprint density at radius 3 is 2.95 bits per heavy atom. The molecular formula is C17H21N3S. The lowest BCUT2D eigenvalue weighted by Crippen LogP contribution is -2.37. The number of rotatable bonds is 5. The second-order valence-electron chi connectivity index (χ2n) is 5.48. The van der Waals surface area contributed by atoms with E-state index in [4.69, 9.17) is 0 Å². The smallest absolute Gasteiger partial charge is 0.126 e. The van der Waals surface area contributed by atoms with Gasteiger partial charge in [0.15, 0.2) is 0 Å². The van der Waals surface area contributed by atoms with Crippen LogP contribution in [0.5, 0.6) is 0 Å². The fourth-order valence-electron chi connectivity index (χ4n) is 2.70. The molecule has 0 bridgehead atoms. The highest BCUT2D eigenvalue weighted by Gasteiger charge is 2.15. The van der Waals surface area contributed by atoms with Gasteiger partial charge in [-0.1, -0.05) is 18.2 Å². The van der Waals surface area contributed by atoms with Gasteiger partial charge in [0.25, 0.3) is 0 Å². The van der Waals surface area contributed by atoms with E-state index in [0.717, 1.165) is 31.9 Å². The van der Waals surface area contributed by atoms with E-state index in [1.54, 1.807) is 0 Å². The van der Waals surface area contributed by atoms with Crippen LogP contribution in [0.3, 0.4) is 0 Å². The maximum atomic E-state index is 4.32. The highest BCUT2D eigenvalue weighted by Crippen LogP contribution is 2.26. The number of thiophene rings is 1. The van der Waals surface area contributed by atoms with E-state index in [0.29, 0.717) is 6.04 Å². The van der Waals surface area contributed by atoms with Gasteiger partial charge in [-0.25, -0.2) is 4.98 Å². The molecule has 0 fully saturated rings. The van der Waals surface area contributed by atoms with E-state index >= 15 is 0 Å². The Hall–Kier alpha value is -1.65. The van der Waals surface area contributed by atoms with Crippen molar-refractivity contribution in [1.29, 1.82) is 0 Å². The second kappa shape index (κ2) is 6.87. The minimum atomic E-state index is 0.400. The van der Waals surface area contributed by atoms with E-state index in [2.05, 4.69) is 45.7 Å². The average molecular weight is 299 g/mol. The Labute approximate surface area is 130 Å². The molecule has 3 nitrogen and oxygen atoms in total. The molecule has 0 radical (unpaired) electrons. The van der Waals surface area contributed by atoms with Crippen LogP contribution in [0.2, 0.25) is 0 Å². The van der Waals surface area contributed by atoms with E-state index in [1.165, 1.54) is 10.5 Å². The molecule has 0 spiro atoms. The monoisotopic (exact) mass is 299 g/mol. The first-order valence-electron chi connectivity index (χ1n) is 7.44. The topological polar surface area (TPSA) is 28.2 Å². The van der Waals surface area contributed by atoms with Crippen molar-refractivity contribution in [2.24, 2.45) is 0 Å². The molecule has 1 N–H and O–H groups in total. The molecule has 1 aliphatic heterocycles. The molecule has 0 saturated heterocycles. The Bertz CT molecular complexity index is 577. The molecule has 4 heteroatoms. The molecule has 0 amide bonds. The van der Waals surface area contributed by atoms with Crippen molar-refractivity contribution in [3.05, 3.63) is 52.9 Å². The Balaban J connectivity index is 1.51. The number of nitrogens with zero attached hydrogens (tertiary/aromatic N) is 2. The lowest BCUT2D eigenvalue weighted by molar-refractivity contribution is 0.293. The highest BCUT2D eigenvalue weighted by molar-refractivity contribution is 7.11. The summed E-state index contributed by atoms with van der Waals surface area (Å²) in [6.45, 7) is 5.44. The predicted molar refractivity (Wildman–Crippen MR) is 90.7 cm³/mol. The standard InChI is InChI=1S/C17H21N3S/c1-14(19-17-6-2-3-9-18-17)13-20-10-7-15(8-11-20)16-5-4-12-21-16/h2-7,9,12,14H,8,10-11,13H2,1H3,(H,18,19). The molecule has 1 unspecified atom stereocenters. The lowest BCUT2D eigenvalue weighted by atomic mass is 10.1. The minimum Gasteiger partial charge on any atom is -0.366 e. The van der Waals surface area contributed by atoms with Crippen molar-refractivity contribution >= 4 is 22.7 Å². The molecule has 0 saturated carbocycles. The fourth-order valence-corrected chi connectivity index (χ4v) is 3.49. The van der Waals surface area contributed by atoms with Crippen LogP contribution >= 0.6 is 11.3 Å². The van der Waals surface area contributed by atoms with Crippen LogP contribution in [0.1, 0.15) is 18.2 Å². The van der Waals surface area contributed by atoms with Gasteiger partial charge >= 0.3 is 0 Å². The normalized spacial score (nSPS) is 17.3. The number of nitrogens with one attached hydrogen (secondary N) is 1. The summed E-state index contributed by atoms with van der Waals surface area (Å²) < 4.78 is 0. The predicted octanol–water partition coefficient (Wildman–Crippen LogP) is 3.73.